The van der Waals surface area contributed by atoms with Crippen molar-refractivity contribution in [3.8, 4) is 0 Å². The minimum absolute atomic E-state index is 0.143. The zero-order valence-electron chi connectivity index (χ0n) is 9.20. The molecule has 0 amide bonds. The molecule has 1 heterocycles. The molecule has 1 rings (SSSR count). The molecule has 0 spiro atoms. The fourth-order valence-electron chi connectivity index (χ4n) is 0.340. The molecule has 1 aromatic heterocycles. The Labute approximate surface area is 68.1 Å². The van der Waals surface area contributed by atoms with Crippen LogP contribution in [0.5, 0.6) is 0 Å². The van der Waals surface area contributed by atoms with Crippen molar-refractivity contribution in [2.45, 2.75) is 6.85 Å². The molecule has 0 atom stereocenters. The monoisotopic (exact) mass is 194 g/mol. The van der Waals surface area contributed by atoms with Gasteiger partial charge in [0.05, 0.1) is 8.91 Å². The Morgan fingerprint density at radius 3 is 3.44 bits per heavy atom. The first kappa shape index (κ1) is 2.66. The average molecular weight is 195 g/mol. The van der Waals surface area contributed by atoms with Gasteiger partial charge in [0, 0.05) is 4.11 Å². The van der Waals surface area contributed by atoms with Gasteiger partial charge >= 0.3 is 0 Å². The predicted octanol–water partition coefficient (Wildman–Crippen LogP) is 2.29. The Morgan fingerprint density at radius 1 is 2.00 bits per heavy atom. The van der Waals surface area contributed by atoms with Gasteiger partial charge in [-0.25, -0.2) is 9.37 Å². The summed E-state index contributed by atoms with van der Waals surface area (Å²) in [6, 6.07) is -0.543. The minimum Gasteiger partial charge on any atom is -0.246 e. The van der Waals surface area contributed by atoms with Gasteiger partial charge in [-0.3, -0.25) is 0 Å². The van der Waals surface area contributed by atoms with E-state index in [0.29, 0.717) is 0 Å². The zero-order valence-corrected chi connectivity index (χ0v) is 5.79. The molecule has 0 saturated heterocycles. The molecular weight excluding hydrogens is 185 g/mol. The summed E-state index contributed by atoms with van der Waals surface area (Å²) in [5.74, 6) is -1.27. The Hall–Kier alpha value is -0.440. The molecule has 0 aromatic carbocycles. The summed E-state index contributed by atoms with van der Waals surface area (Å²) < 4.78 is 48.3. The van der Waals surface area contributed by atoms with Crippen molar-refractivity contribution in [1.29, 1.82) is 0 Å². The van der Waals surface area contributed by atoms with E-state index in [1.54, 1.807) is 0 Å². The number of aromatic nitrogens is 1. The lowest BCUT2D eigenvalue weighted by atomic mass is 10.3. The minimum atomic E-state index is -2.75. The first-order valence-electron chi connectivity index (χ1n) is 4.58. The van der Waals surface area contributed by atoms with E-state index >= 15 is 0 Å². The summed E-state index contributed by atoms with van der Waals surface area (Å²) in [5, 5.41) is 0. The number of pyridine rings is 1. The summed E-state index contributed by atoms with van der Waals surface area (Å²) in [6.07, 6.45) is -0.779. The van der Waals surface area contributed by atoms with Crippen LogP contribution in [0.4, 0.5) is 4.39 Å². The standard InChI is InChI=1S/C6H5BrFN/c1-4-2-6(7)9-3-5(4)8/h2-3H,1H3/i1D3,2D,3D. The maximum atomic E-state index is 13.2. The molecule has 0 aliphatic heterocycles. The number of hydrogen-bond donors (Lipinski definition) is 0. The SMILES string of the molecule is [2H]c1nc(Br)c([2H])c(C([2H])([2H])[2H])c1F. The van der Waals surface area contributed by atoms with E-state index in [0.717, 1.165) is 0 Å². The van der Waals surface area contributed by atoms with Gasteiger partial charge in [0.25, 0.3) is 0 Å². The molecule has 0 unspecified atom stereocenters. The second-order valence-electron chi connectivity index (χ2n) is 1.33. The van der Waals surface area contributed by atoms with Crippen LogP contribution >= 0.6 is 15.9 Å². The highest BCUT2D eigenvalue weighted by molar-refractivity contribution is 9.10. The van der Waals surface area contributed by atoms with Crippen LogP contribution in [0.15, 0.2) is 16.8 Å². The lowest BCUT2D eigenvalue weighted by Crippen LogP contribution is -1.83. The van der Waals surface area contributed by atoms with Gasteiger partial charge in [-0.1, -0.05) is 0 Å². The normalized spacial score (nSPS) is 19.1. The molecule has 0 aliphatic carbocycles. The van der Waals surface area contributed by atoms with Crippen LogP contribution in [-0.4, -0.2) is 4.98 Å². The largest absolute Gasteiger partial charge is 0.246 e. The van der Waals surface area contributed by atoms with Crippen LogP contribution in [0, 0.1) is 12.7 Å². The van der Waals surface area contributed by atoms with E-state index in [1.165, 1.54) is 0 Å². The lowest BCUT2D eigenvalue weighted by Gasteiger charge is -1.92. The number of rotatable bonds is 0. The van der Waals surface area contributed by atoms with Crippen LogP contribution in [-0.2, 0) is 0 Å². The Kier molecular flexibility index (Phi) is 0.720. The van der Waals surface area contributed by atoms with Crippen molar-refractivity contribution in [3.63, 3.8) is 0 Å². The maximum absolute atomic E-state index is 13.2. The highest BCUT2D eigenvalue weighted by Crippen LogP contribution is 2.09. The van der Waals surface area contributed by atoms with Gasteiger partial charge in [0.15, 0.2) is 0 Å². The highest BCUT2D eigenvalue weighted by atomic mass is 79.9. The first-order chi connectivity index (χ1) is 6.25. The summed E-state index contributed by atoms with van der Waals surface area (Å²) in [6.45, 7) is -2.75. The second-order valence-corrected chi connectivity index (χ2v) is 2.08. The highest BCUT2D eigenvalue weighted by Gasteiger charge is 1.95. The van der Waals surface area contributed by atoms with Gasteiger partial charge in [-0.15, -0.1) is 0 Å². The van der Waals surface area contributed by atoms with Crippen LogP contribution < -0.4 is 0 Å². The third-order valence-corrected chi connectivity index (χ3v) is 1.08. The molecular formula is C6H5BrFN. The Balaban J connectivity index is 3.56. The molecule has 0 bridgehead atoms. The summed E-state index contributed by atoms with van der Waals surface area (Å²) in [4.78, 5) is 3.32. The predicted molar refractivity (Wildman–Crippen MR) is 36.6 cm³/mol. The van der Waals surface area contributed by atoms with E-state index in [4.69, 9.17) is 6.85 Å². The molecule has 1 aromatic rings. The molecule has 0 N–H and O–H groups in total. The van der Waals surface area contributed by atoms with Crippen LogP contribution in [0.3, 0.4) is 0 Å². The third kappa shape index (κ3) is 1.48. The van der Waals surface area contributed by atoms with Crippen LogP contribution in [0.25, 0.3) is 0 Å². The van der Waals surface area contributed by atoms with Crippen molar-refractivity contribution < 1.29 is 11.2 Å². The maximum Gasteiger partial charge on any atom is 0.144 e. The quantitative estimate of drug-likeness (QED) is 0.578. The van der Waals surface area contributed by atoms with E-state index in [1.807, 2.05) is 0 Å². The number of hydrogen-bond acceptors (Lipinski definition) is 1. The number of halogens is 2. The smallest absolute Gasteiger partial charge is 0.144 e. The second kappa shape index (κ2) is 2.43. The fourth-order valence-corrected chi connectivity index (χ4v) is 0.627. The van der Waals surface area contributed by atoms with Crippen molar-refractivity contribution in [1.82, 2.24) is 4.98 Å². The molecule has 0 fully saturated rings. The van der Waals surface area contributed by atoms with Crippen molar-refractivity contribution >= 4 is 15.9 Å². The molecule has 1 nitrogen and oxygen atoms in total. The Morgan fingerprint density at radius 2 is 2.78 bits per heavy atom. The Bertz CT molecular complexity index is 351. The lowest BCUT2D eigenvalue weighted by molar-refractivity contribution is 0.611. The molecule has 3 heteroatoms. The van der Waals surface area contributed by atoms with Crippen molar-refractivity contribution in [2.75, 3.05) is 0 Å². The van der Waals surface area contributed by atoms with Crippen molar-refractivity contribution in [2.24, 2.45) is 0 Å². The molecule has 48 valence electrons. The van der Waals surface area contributed by atoms with Gasteiger partial charge < -0.3 is 0 Å². The van der Waals surface area contributed by atoms with E-state index in [2.05, 4.69) is 20.9 Å². The van der Waals surface area contributed by atoms with E-state index in [-0.39, 0.29) is 4.60 Å². The van der Waals surface area contributed by atoms with Crippen LogP contribution in [0.1, 0.15) is 12.4 Å². The summed E-state index contributed by atoms with van der Waals surface area (Å²) >= 11 is 2.79. The zero-order chi connectivity index (χ0) is 11.1. The van der Waals surface area contributed by atoms with Crippen molar-refractivity contribution in [3.05, 3.63) is 28.2 Å². The first-order valence-corrected chi connectivity index (χ1v) is 2.87. The molecule has 0 saturated carbocycles. The van der Waals surface area contributed by atoms with Gasteiger partial charge in [-0.2, -0.15) is 0 Å². The third-order valence-electron chi connectivity index (χ3n) is 0.700. The van der Waals surface area contributed by atoms with E-state index < -0.39 is 30.4 Å². The van der Waals surface area contributed by atoms with Crippen LogP contribution in [0.2, 0.25) is 0 Å². The average Bonchev–Trinajstić information content (AvgIpc) is 1.98. The fraction of sp³-hybridized carbons (Fsp3) is 0.167. The topological polar surface area (TPSA) is 12.9 Å². The summed E-state index contributed by atoms with van der Waals surface area (Å²) in [7, 11) is 0. The van der Waals surface area contributed by atoms with Gasteiger partial charge in [0.1, 0.15) is 10.4 Å². The summed E-state index contributed by atoms with van der Waals surface area (Å²) in [5.41, 5.74) is -0.774. The number of nitrogens with zero attached hydrogens (tertiary/aromatic N) is 1. The molecule has 0 radical (unpaired) electrons. The molecule has 0 aliphatic rings. The van der Waals surface area contributed by atoms with E-state index in [9.17, 15) is 4.39 Å². The molecule has 9 heavy (non-hydrogen) atoms. The van der Waals surface area contributed by atoms with Gasteiger partial charge in [0.2, 0.25) is 0 Å². The van der Waals surface area contributed by atoms with Gasteiger partial charge in [-0.05, 0) is 34.4 Å².